The third kappa shape index (κ3) is 2.15. The first-order valence-corrected chi connectivity index (χ1v) is 4.78. The van der Waals surface area contributed by atoms with Crippen LogP contribution in [0.1, 0.15) is 0 Å². The first-order valence-electron chi connectivity index (χ1n) is 2.98. The summed E-state index contributed by atoms with van der Waals surface area (Å²) in [7, 11) is 0. The molecule has 0 saturated carbocycles. The summed E-state index contributed by atoms with van der Waals surface area (Å²) in [5, 5.41) is 0. The van der Waals surface area contributed by atoms with Gasteiger partial charge in [0.25, 0.3) is 0 Å². The second kappa shape index (κ2) is 3.78. The average Bonchev–Trinajstić information content (AvgIpc) is 1.95. The molecule has 0 radical (unpaired) electrons. The normalized spacial score (nSPS) is 9.70. The Bertz CT molecular complexity index is 234. The van der Waals surface area contributed by atoms with Crippen LogP contribution >= 0.6 is 24.0 Å². The third-order valence-electron chi connectivity index (χ3n) is 1.14. The van der Waals surface area contributed by atoms with Gasteiger partial charge in [-0.1, -0.05) is 12.2 Å². The predicted molar refractivity (Wildman–Crippen MR) is 48.8 cm³/mol. The standard InChI is InChI=1S/C7H9NS2/c1-10-6-8-4-2-7(9)3-5-8/h2-5H,6H2,1H3. The molecule has 1 heterocycles. The summed E-state index contributed by atoms with van der Waals surface area (Å²) in [5.74, 6) is 0.996. The van der Waals surface area contributed by atoms with E-state index in [1.54, 1.807) is 11.8 Å². The lowest BCUT2D eigenvalue weighted by atomic mass is 10.5. The largest absolute Gasteiger partial charge is 0.345 e. The summed E-state index contributed by atoms with van der Waals surface area (Å²) < 4.78 is 3.00. The van der Waals surface area contributed by atoms with E-state index in [4.69, 9.17) is 12.2 Å². The molecule has 0 bridgehead atoms. The highest BCUT2D eigenvalue weighted by molar-refractivity contribution is 7.97. The van der Waals surface area contributed by atoms with Crippen molar-refractivity contribution < 1.29 is 0 Å². The SMILES string of the molecule is CSCn1ccc(=S)cc1. The van der Waals surface area contributed by atoms with Crippen molar-refractivity contribution in [1.29, 1.82) is 0 Å². The van der Waals surface area contributed by atoms with Crippen LogP contribution in [0.2, 0.25) is 0 Å². The van der Waals surface area contributed by atoms with E-state index in [2.05, 4.69) is 10.8 Å². The second-order valence-electron chi connectivity index (χ2n) is 1.97. The molecule has 1 nitrogen and oxygen atoms in total. The Labute approximate surface area is 70.1 Å². The zero-order valence-electron chi connectivity index (χ0n) is 5.78. The van der Waals surface area contributed by atoms with Crippen LogP contribution in [0.4, 0.5) is 0 Å². The molecule has 0 atom stereocenters. The predicted octanol–water partition coefficient (Wildman–Crippen LogP) is 2.54. The van der Waals surface area contributed by atoms with E-state index in [0.717, 1.165) is 10.4 Å². The molecule has 0 saturated heterocycles. The Kier molecular flexibility index (Phi) is 2.96. The highest BCUT2D eigenvalue weighted by Gasteiger charge is 1.82. The molecule has 0 aliphatic carbocycles. The van der Waals surface area contributed by atoms with Gasteiger partial charge in [-0.25, -0.2) is 0 Å². The van der Waals surface area contributed by atoms with Crippen LogP contribution in [0.25, 0.3) is 0 Å². The second-order valence-corrected chi connectivity index (χ2v) is 3.27. The van der Waals surface area contributed by atoms with Crippen molar-refractivity contribution in [1.82, 2.24) is 4.57 Å². The lowest BCUT2D eigenvalue weighted by molar-refractivity contribution is 0.881. The molecule has 0 aliphatic heterocycles. The molecule has 0 aromatic carbocycles. The summed E-state index contributed by atoms with van der Waals surface area (Å²) in [6, 6.07) is 3.87. The Morgan fingerprint density at radius 1 is 1.50 bits per heavy atom. The summed E-state index contributed by atoms with van der Waals surface area (Å²) >= 11 is 6.73. The van der Waals surface area contributed by atoms with Gasteiger partial charge >= 0.3 is 0 Å². The first-order chi connectivity index (χ1) is 4.83. The van der Waals surface area contributed by atoms with Gasteiger partial charge in [-0.15, -0.1) is 11.8 Å². The summed E-state index contributed by atoms with van der Waals surface area (Å²) in [6.45, 7) is 0. The van der Waals surface area contributed by atoms with E-state index in [0.29, 0.717) is 0 Å². The molecular formula is C7H9NS2. The van der Waals surface area contributed by atoms with E-state index in [9.17, 15) is 0 Å². The highest BCUT2D eigenvalue weighted by atomic mass is 32.2. The van der Waals surface area contributed by atoms with Gasteiger partial charge in [0, 0.05) is 16.9 Å². The number of rotatable bonds is 2. The zero-order chi connectivity index (χ0) is 7.40. The Hall–Kier alpha value is -0.280. The van der Waals surface area contributed by atoms with E-state index >= 15 is 0 Å². The van der Waals surface area contributed by atoms with Crippen LogP contribution < -0.4 is 0 Å². The van der Waals surface area contributed by atoms with Gasteiger partial charge in [0.2, 0.25) is 0 Å². The molecule has 0 amide bonds. The van der Waals surface area contributed by atoms with Crippen molar-refractivity contribution in [3.05, 3.63) is 29.0 Å². The molecule has 0 unspecified atom stereocenters. The molecule has 0 N–H and O–H groups in total. The molecule has 10 heavy (non-hydrogen) atoms. The first kappa shape index (κ1) is 7.82. The Morgan fingerprint density at radius 2 is 2.10 bits per heavy atom. The van der Waals surface area contributed by atoms with Gasteiger partial charge in [-0.2, -0.15) is 0 Å². The van der Waals surface area contributed by atoms with Crippen molar-refractivity contribution in [2.75, 3.05) is 6.26 Å². The lowest BCUT2D eigenvalue weighted by Crippen LogP contribution is -1.91. The van der Waals surface area contributed by atoms with Gasteiger partial charge in [0.05, 0.1) is 5.88 Å². The molecule has 3 heteroatoms. The third-order valence-corrected chi connectivity index (χ3v) is 1.97. The fourth-order valence-corrected chi connectivity index (χ4v) is 1.27. The number of nitrogens with zero attached hydrogens (tertiary/aromatic N) is 1. The van der Waals surface area contributed by atoms with Crippen molar-refractivity contribution in [3.8, 4) is 0 Å². The van der Waals surface area contributed by atoms with Crippen molar-refractivity contribution in [2.45, 2.75) is 5.88 Å². The number of pyridine rings is 1. The minimum Gasteiger partial charge on any atom is -0.345 e. The van der Waals surface area contributed by atoms with Crippen molar-refractivity contribution in [3.63, 3.8) is 0 Å². The Balaban J connectivity index is 2.79. The van der Waals surface area contributed by atoms with E-state index in [-0.39, 0.29) is 0 Å². The molecule has 1 aromatic heterocycles. The van der Waals surface area contributed by atoms with Gasteiger partial charge < -0.3 is 4.57 Å². The maximum atomic E-state index is 4.94. The van der Waals surface area contributed by atoms with E-state index in [1.165, 1.54) is 0 Å². The van der Waals surface area contributed by atoms with Crippen molar-refractivity contribution >= 4 is 24.0 Å². The van der Waals surface area contributed by atoms with Crippen LogP contribution in [-0.4, -0.2) is 10.8 Å². The maximum Gasteiger partial charge on any atom is 0.0674 e. The summed E-state index contributed by atoms with van der Waals surface area (Å²) in [4.78, 5) is 0. The molecule has 0 aliphatic rings. The van der Waals surface area contributed by atoms with Crippen LogP contribution in [-0.2, 0) is 5.88 Å². The van der Waals surface area contributed by atoms with E-state index in [1.807, 2.05) is 24.5 Å². The fraction of sp³-hybridized carbons (Fsp3) is 0.286. The highest BCUT2D eigenvalue weighted by Crippen LogP contribution is 1.99. The topological polar surface area (TPSA) is 4.93 Å². The molecule has 1 aromatic rings. The number of thioether (sulfide) groups is 1. The minimum atomic E-state index is 0.900. The van der Waals surface area contributed by atoms with Crippen LogP contribution in [0.5, 0.6) is 0 Å². The van der Waals surface area contributed by atoms with E-state index < -0.39 is 0 Å². The fourth-order valence-electron chi connectivity index (χ4n) is 0.679. The van der Waals surface area contributed by atoms with Crippen LogP contribution in [0.3, 0.4) is 0 Å². The number of hydrogen-bond acceptors (Lipinski definition) is 2. The molecular weight excluding hydrogens is 162 g/mol. The zero-order valence-corrected chi connectivity index (χ0v) is 7.41. The lowest BCUT2D eigenvalue weighted by Gasteiger charge is -2.00. The van der Waals surface area contributed by atoms with Gasteiger partial charge in [-0.05, 0) is 18.4 Å². The monoisotopic (exact) mass is 171 g/mol. The van der Waals surface area contributed by atoms with Crippen LogP contribution in [0, 0.1) is 4.51 Å². The Morgan fingerprint density at radius 3 is 2.60 bits per heavy atom. The summed E-state index contributed by atoms with van der Waals surface area (Å²) in [6.07, 6.45) is 6.08. The quantitative estimate of drug-likeness (QED) is 0.630. The van der Waals surface area contributed by atoms with Crippen molar-refractivity contribution in [2.24, 2.45) is 0 Å². The minimum absolute atomic E-state index is 0.900. The molecule has 54 valence electrons. The average molecular weight is 171 g/mol. The molecule has 1 rings (SSSR count). The van der Waals surface area contributed by atoms with Gasteiger partial charge in [-0.3, -0.25) is 0 Å². The maximum absolute atomic E-state index is 4.94. The summed E-state index contributed by atoms with van der Waals surface area (Å²) in [5.41, 5.74) is 0. The number of aromatic nitrogens is 1. The molecule has 0 spiro atoms. The molecule has 0 fully saturated rings. The smallest absolute Gasteiger partial charge is 0.0674 e. The van der Waals surface area contributed by atoms with Gasteiger partial charge in [0.1, 0.15) is 0 Å². The van der Waals surface area contributed by atoms with Crippen LogP contribution in [0.15, 0.2) is 24.5 Å². The van der Waals surface area contributed by atoms with Gasteiger partial charge in [0.15, 0.2) is 0 Å². The number of hydrogen-bond donors (Lipinski definition) is 0.